The average Bonchev–Trinajstić information content (AvgIpc) is 2.50. The van der Waals surface area contributed by atoms with Crippen molar-refractivity contribution in [1.29, 1.82) is 0 Å². The van der Waals surface area contributed by atoms with Crippen LogP contribution in [0.5, 0.6) is 0 Å². The Morgan fingerprint density at radius 2 is 1.76 bits per heavy atom. The molecule has 2 rings (SSSR count). The maximum atomic E-state index is 13.4. The van der Waals surface area contributed by atoms with Crippen LogP contribution in [0.1, 0.15) is 6.42 Å². The minimum Gasteiger partial charge on any atom is -0.362 e. The summed E-state index contributed by atoms with van der Waals surface area (Å²) >= 11 is 6.96. The first-order valence-electron chi connectivity index (χ1n) is 6.73. The van der Waals surface area contributed by atoms with Gasteiger partial charge in [-0.1, -0.05) is 30.3 Å². The van der Waals surface area contributed by atoms with E-state index in [-0.39, 0.29) is 5.82 Å². The van der Waals surface area contributed by atoms with Gasteiger partial charge in [0.05, 0.1) is 5.69 Å². The van der Waals surface area contributed by atoms with Gasteiger partial charge in [-0.3, -0.25) is 0 Å². The molecule has 21 heavy (non-hydrogen) atoms. The van der Waals surface area contributed by atoms with E-state index in [4.69, 9.17) is 12.2 Å². The van der Waals surface area contributed by atoms with Crippen LogP contribution in [0.4, 0.5) is 10.1 Å². The number of rotatable bonds is 6. The Bertz CT molecular complexity index is 575. The molecule has 0 aliphatic rings. The first-order chi connectivity index (χ1) is 10.3. The van der Waals surface area contributed by atoms with Crippen molar-refractivity contribution in [2.45, 2.75) is 11.3 Å². The number of thioether (sulfide) groups is 1. The molecule has 0 fully saturated rings. The Balaban J connectivity index is 1.63. The largest absolute Gasteiger partial charge is 0.362 e. The van der Waals surface area contributed by atoms with Crippen molar-refractivity contribution in [1.82, 2.24) is 5.32 Å². The minimum atomic E-state index is -0.304. The van der Waals surface area contributed by atoms with Gasteiger partial charge in [-0.25, -0.2) is 4.39 Å². The van der Waals surface area contributed by atoms with Gasteiger partial charge in [-0.15, -0.1) is 11.8 Å². The summed E-state index contributed by atoms with van der Waals surface area (Å²) in [5.74, 6) is 0.709. The third kappa shape index (κ3) is 5.73. The van der Waals surface area contributed by atoms with Crippen LogP contribution in [0.2, 0.25) is 0 Å². The highest BCUT2D eigenvalue weighted by Gasteiger charge is 2.02. The second-order valence-corrected chi connectivity index (χ2v) is 5.95. The topological polar surface area (TPSA) is 24.1 Å². The fourth-order valence-corrected chi connectivity index (χ4v) is 2.80. The fraction of sp³-hybridized carbons (Fsp3) is 0.188. The molecule has 0 aliphatic heterocycles. The minimum absolute atomic E-state index is 0.304. The summed E-state index contributed by atoms with van der Waals surface area (Å²) in [4.78, 5) is 1.27. The van der Waals surface area contributed by atoms with Crippen molar-refractivity contribution in [3.8, 4) is 0 Å². The molecule has 0 aliphatic carbocycles. The molecule has 0 radical (unpaired) electrons. The number of para-hydroxylation sites is 1. The number of halogens is 1. The molecule has 0 saturated heterocycles. The maximum absolute atomic E-state index is 13.4. The van der Waals surface area contributed by atoms with E-state index in [0.29, 0.717) is 10.8 Å². The van der Waals surface area contributed by atoms with Crippen LogP contribution in [0, 0.1) is 5.82 Å². The van der Waals surface area contributed by atoms with Gasteiger partial charge in [-0.2, -0.15) is 0 Å². The average molecular weight is 320 g/mol. The summed E-state index contributed by atoms with van der Waals surface area (Å²) in [5.41, 5.74) is 0.397. The van der Waals surface area contributed by atoms with E-state index in [1.807, 2.05) is 30.0 Å². The Morgan fingerprint density at radius 1 is 1.05 bits per heavy atom. The van der Waals surface area contributed by atoms with Gasteiger partial charge in [0.25, 0.3) is 0 Å². The highest BCUT2D eigenvalue weighted by molar-refractivity contribution is 7.99. The van der Waals surface area contributed by atoms with Gasteiger partial charge in [-0.05, 0) is 48.7 Å². The van der Waals surface area contributed by atoms with Crippen LogP contribution in [-0.2, 0) is 0 Å². The van der Waals surface area contributed by atoms with Crippen LogP contribution in [0.3, 0.4) is 0 Å². The molecule has 0 atom stereocenters. The van der Waals surface area contributed by atoms with E-state index >= 15 is 0 Å². The Labute approximate surface area is 134 Å². The predicted octanol–water partition coefficient (Wildman–Crippen LogP) is 4.29. The Hall–Kier alpha value is -1.59. The van der Waals surface area contributed by atoms with Crippen LogP contribution in [-0.4, -0.2) is 17.4 Å². The molecule has 5 heteroatoms. The van der Waals surface area contributed by atoms with E-state index in [1.165, 1.54) is 11.0 Å². The summed E-state index contributed by atoms with van der Waals surface area (Å²) in [5, 5.41) is 6.39. The van der Waals surface area contributed by atoms with E-state index in [0.717, 1.165) is 18.7 Å². The quantitative estimate of drug-likeness (QED) is 0.471. The molecule has 0 saturated carbocycles. The number of hydrogen-bond donors (Lipinski definition) is 2. The normalized spacial score (nSPS) is 10.1. The van der Waals surface area contributed by atoms with E-state index in [1.54, 1.807) is 18.2 Å². The highest BCUT2D eigenvalue weighted by atomic mass is 32.2. The van der Waals surface area contributed by atoms with Gasteiger partial charge in [0.15, 0.2) is 5.11 Å². The van der Waals surface area contributed by atoms with Crippen LogP contribution in [0.25, 0.3) is 0 Å². The number of anilines is 1. The Kier molecular flexibility index (Phi) is 6.50. The van der Waals surface area contributed by atoms with Crippen molar-refractivity contribution >= 4 is 34.8 Å². The monoisotopic (exact) mass is 320 g/mol. The summed E-state index contributed by atoms with van der Waals surface area (Å²) in [6, 6.07) is 16.8. The molecule has 0 amide bonds. The molecule has 0 aromatic heterocycles. The van der Waals surface area contributed by atoms with Crippen LogP contribution in [0.15, 0.2) is 59.5 Å². The zero-order valence-corrected chi connectivity index (χ0v) is 13.1. The van der Waals surface area contributed by atoms with Gasteiger partial charge in [0.2, 0.25) is 0 Å². The lowest BCUT2D eigenvalue weighted by Gasteiger charge is -2.10. The molecular weight excluding hydrogens is 303 g/mol. The Morgan fingerprint density at radius 3 is 2.52 bits per heavy atom. The van der Waals surface area contributed by atoms with E-state index in [2.05, 4.69) is 22.8 Å². The summed E-state index contributed by atoms with van der Waals surface area (Å²) < 4.78 is 13.4. The van der Waals surface area contributed by atoms with Crippen molar-refractivity contribution in [3.63, 3.8) is 0 Å². The molecule has 110 valence electrons. The fourth-order valence-electron chi connectivity index (χ4n) is 1.71. The first kappa shape index (κ1) is 15.8. The number of nitrogens with one attached hydrogen (secondary N) is 2. The molecule has 0 bridgehead atoms. The van der Waals surface area contributed by atoms with Crippen molar-refractivity contribution in [3.05, 3.63) is 60.4 Å². The predicted molar refractivity (Wildman–Crippen MR) is 92.4 cm³/mol. The standard InChI is InChI=1S/C16H17FN2S2/c17-14-9-4-5-10-15(14)19-16(20)18-11-6-12-21-13-7-2-1-3-8-13/h1-5,7-10H,6,11-12H2,(H2,18,19,20). The van der Waals surface area contributed by atoms with Gasteiger partial charge in [0.1, 0.15) is 5.82 Å². The highest BCUT2D eigenvalue weighted by Crippen LogP contribution is 2.17. The van der Waals surface area contributed by atoms with Crippen molar-refractivity contribution in [2.24, 2.45) is 0 Å². The molecule has 2 aromatic rings. The lowest BCUT2D eigenvalue weighted by Crippen LogP contribution is -2.29. The van der Waals surface area contributed by atoms with Crippen molar-refractivity contribution in [2.75, 3.05) is 17.6 Å². The maximum Gasteiger partial charge on any atom is 0.170 e. The summed E-state index contributed by atoms with van der Waals surface area (Å²) in [6.07, 6.45) is 0.985. The molecule has 2 aromatic carbocycles. The van der Waals surface area contributed by atoms with Gasteiger partial charge >= 0.3 is 0 Å². The lowest BCUT2D eigenvalue weighted by atomic mass is 10.3. The van der Waals surface area contributed by atoms with E-state index < -0.39 is 0 Å². The SMILES string of the molecule is Fc1ccccc1NC(=S)NCCCSc1ccccc1. The van der Waals surface area contributed by atoms with Crippen molar-refractivity contribution < 1.29 is 4.39 Å². The molecule has 0 heterocycles. The zero-order chi connectivity index (χ0) is 14.9. The third-order valence-electron chi connectivity index (χ3n) is 2.74. The van der Waals surface area contributed by atoms with Gasteiger partial charge < -0.3 is 10.6 Å². The second kappa shape index (κ2) is 8.64. The molecule has 2 N–H and O–H groups in total. The molecule has 2 nitrogen and oxygen atoms in total. The molecular formula is C16H17FN2S2. The number of hydrogen-bond acceptors (Lipinski definition) is 2. The number of benzene rings is 2. The number of thiocarbonyl (C=S) groups is 1. The third-order valence-corrected chi connectivity index (χ3v) is 4.09. The lowest BCUT2D eigenvalue weighted by molar-refractivity contribution is 0.632. The summed E-state index contributed by atoms with van der Waals surface area (Å²) in [7, 11) is 0. The second-order valence-electron chi connectivity index (χ2n) is 4.38. The zero-order valence-electron chi connectivity index (χ0n) is 11.5. The van der Waals surface area contributed by atoms with Crippen LogP contribution < -0.4 is 10.6 Å². The molecule has 0 unspecified atom stereocenters. The van der Waals surface area contributed by atoms with Gasteiger partial charge in [0, 0.05) is 11.4 Å². The van der Waals surface area contributed by atoms with Crippen LogP contribution >= 0.6 is 24.0 Å². The molecule has 0 spiro atoms. The van der Waals surface area contributed by atoms with E-state index in [9.17, 15) is 4.39 Å². The smallest absolute Gasteiger partial charge is 0.170 e. The summed E-state index contributed by atoms with van der Waals surface area (Å²) in [6.45, 7) is 0.764. The first-order valence-corrected chi connectivity index (χ1v) is 8.12.